The normalized spacial score (nSPS) is 10.6. The van der Waals surface area contributed by atoms with Gasteiger partial charge in [0.1, 0.15) is 5.75 Å². The van der Waals surface area contributed by atoms with Crippen LogP contribution in [0.5, 0.6) is 5.75 Å². The van der Waals surface area contributed by atoms with Crippen LogP contribution in [0.15, 0.2) is 48.5 Å². The van der Waals surface area contributed by atoms with E-state index in [0.717, 1.165) is 11.3 Å². The molecule has 106 valence electrons. The lowest BCUT2D eigenvalue weighted by molar-refractivity contribution is 0.416. The zero-order valence-electron chi connectivity index (χ0n) is 11.1. The Balaban J connectivity index is 2.07. The van der Waals surface area contributed by atoms with E-state index in [9.17, 15) is 0 Å². The Labute approximate surface area is 131 Å². The van der Waals surface area contributed by atoms with Crippen molar-refractivity contribution in [3.8, 4) is 22.8 Å². The van der Waals surface area contributed by atoms with Gasteiger partial charge >= 0.3 is 0 Å². The molecule has 0 unspecified atom stereocenters. The molecule has 0 N–H and O–H groups in total. The second kappa shape index (κ2) is 5.76. The van der Waals surface area contributed by atoms with Crippen molar-refractivity contribution in [3.05, 3.63) is 58.8 Å². The van der Waals surface area contributed by atoms with Gasteiger partial charge in [0.15, 0.2) is 5.82 Å². The number of benzene rings is 2. The number of hydrogen-bond acceptors (Lipinski definition) is 3. The standard InChI is InChI=1S/C15H11Cl2N3O/c1-21-13-5-3-2-4-12(13)14-18-15(17)20(19-14)11-8-6-10(16)7-9-11/h2-9H,1H3. The van der Waals surface area contributed by atoms with Gasteiger partial charge in [0.05, 0.1) is 18.4 Å². The average molecular weight is 320 g/mol. The molecule has 3 rings (SSSR count). The van der Waals surface area contributed by atoms with Crippen LogP contribution in [0, 0.1) is 0 Å². The topological polar surface area (TPSA) is 39.9 Å². The van der Waals surface area contributed by atoms with Gasteiger partial charge in [-0.05, 0) is 48.0 Å². The van der Waals surface area contributed by atoms with Crippen molar-refractivity contribution in [2.75, 3.05) is 7.11 Å². The predicted molar refractivity (Wildman–Crippen MR) is 83.4 cm³/mol. The lowest BCUT2D eigenvalue weighted by Crippen LogP contribution is -1.96. The van der Waals surface area contributed by atoms with Crippen molar-refractivity contribution in [2.24, 2.45) is 0 Å². The highest BCUT2D eigenvalue weighted by atomic mass is 35.5. The Morgan fingerprint density at radius 3 is 2.43 bits per heavy atom. The summed E-state index contributed by atoms with van der Waals surface area (Å²) in [7, 11) is 1.61. The summed E-state index contributed by atoms with van der Waals surface area (Å²) in [5.74, 6) is 1.20. The molecular weight excluding hydrogens is 309 g/mol. The van der Waals surface area contributed by atoms with Gasteiger partial charge in [-0.15, -0.1) is 5.10 Å². The minimum Gasteiger partial charge on any atom is -0.496 e. The highest BCUT2D eigenvalue weighted by Gasteiger charge is 2.14. The summed E-state index contributed by atoms with van der Waals surface area (Å²) in [5, 5.41) is 5.37. The maximum Gasteiger partial charge on any atom is 0.226 e. The van der Waals surface area contributed by atoms with E-state index in [1.807, 2.05) is 36.4 Å². The Bertz CT molecular complexity index is 769. The zero-order chi connectivity index (χ0) is 14.8. The molecule has 0 amide bonds. The third-order valence-electron chi connectivity index (χ3n) is 2.99. The van der Waals surface area contributed by atoms with Crippen LogP contribution in [0.3, 0.4) is 0 Å². The van der Waals surface area contributed by atoms with Crippen LogP contribution in [0.25, 0.3) is 17.1 Å². The number of halogens is 2. The molecule has 1 aromatic heterocycles. The molecule has 3 aromatic rings. The summed E-state index contributed by atoms with van der Waals surface area (Å²) in [6, 6.07) is 14.7. The zero-order valence-corrected chi connectivity index (χ0v) is 12.6. The summed E-state index contributed by atoms with van der Waals surface area (Å²) in [4.78, 5) is 4.29. The molecule has 21 heavy (non-hydrogen) atoms. The van der Waals surface area contributed by atoms with E-state index in [-0.39, 0.29) is 5.28 Å². The number of methoxy groups -OCH3 is 1. The minimum absolute atomic E-state index is 0.276. The van der Waals surface area contributed by atoms with Crippen molar-refractivity contribution in [2.45, 2.75) is 0 Å². The fourth-order valence-electron chi connectivity index (χ4n) is 1.98. The van der Waals surface area contributed by atoms with Crippen LogP contribution in [0.2, 0.25) is 10.3 Å². The Morgan fingerprint density at radius 2 is 1.71 bits per heavy atom. The van der Waals surface area contributed by atoms with Gasteiger partial charge in [-0.1, -0.05) is 23.7 Å². The first-order valence-electron chi connectivity index (χ1n) is 6.21. The number of nitrogens with zero attached hydrogens (tertiary/aromatic N) is 3. The minimum atomic E-state index is 0.276. The van der Waals surface area contributed by atoms with E-state index in [4.69, 9.17) is 27.9 Å². The molecule has 1 heterocycles. The van der Waals surface area contributed by atoms with Crippen LogP contribution in [-0.4, -0.2) is 21.9 Å². The highest BCUT2D eigenvalue weighted by molar-refractivity contribution is 6.30. The fraction of sp³-hybridized carbons (Fsp3) is 0.0667. The average Bonchev–Trinajstić information content (AvgIpc) is 2.90. The van der Waals surface area contributed by atoms with Gasteiger partial charge in [-0.2, -0.15) is 4.98 Å². The van der Waals surface area contributed by atoms with Crippen molar-refractivity contribution in [1.82, 2.24) is 14.8 Å². The Hall–Kier alpha value is -2.04. The summed E-state index contributed by atoms with van der Waals surface area (Å²) in [6.45, 7) is 0. The first-order valence-corrected chi connectivity index (χ1v) is 6.96. The highest BCUT2D eigenvalue weighted by Crippen LogP contribution is 2.29. The second-order valence-electron chi connectivity index (χ2n) is 4.29. The van der Waals surface area contributed by atoms with E-state index in [0.29, 0.717) is 16.6 Å². The number of hydrogen-bond donors (Lipinski definition) is 0. The molecule has 0 aliphatic rings. The van der Waals surface area contributed by atoms with Crippen molar-refractivity contribution < 1.29 is 4.74 Å². The van der Waals surface area contributed by atoms with E-state index < -0.39 is 0 Å². The molecule has 0 bridgehead atoms. The van der Waals surface area contributed by atoms with E-state index >= 15 is 0 Å². The SMILES string of the molecule is COc1ccccc1-c1nc(Cl)n(-c2ccc(Cl)cc2)n1. The van der Waals surface area contributed by atoms with Gasteiger partial charge in [0, 0.05) is 5.02 Å². The first-order chi connectivity index (χ1) is 10.2. The molecule has 0 aliphatic heterocycles. The molecular formula is C15H11Cl2N3O. The maximum absolute atomic E-state index is 6.18. The second-order valence-corrected chi connectivity index (χ2v) is 5.07. The van der Waals surface area contributed by atoms with Crippen LogP contribution in [0.1, 0.15) is 0 Å². The van der Waals surface area contributed by atoms with Gasteiger partial charge in [0.25, 0.3) is 0 Å². The number of ether oxygens (including phenoxy) is 1. The van der Waals surface area contributed by atoms with Crippen molar-refractivity contribution in [3.63, 3.8) is 0 Å². The lowest BCUT2D eigenvalue weighted by Gasteiger charge is -2.04. The molecule has 0 fully saturated rings. The lowest BCUT2D eigenvalue weighted by atomic mass is 10.2. The van der Waals surface area contributed by atoms with Gasteiger partial charge in [0.2, 0.25) is 5.28 Å². The number of rotatable bonds is 3. The van der Waals surface area contributed by atoms with Crippen molar-refractivity contribution in [1.29, 1.82) is 0 Å². The maximum atomic E-state index is 6.18. The largest absolute Gasteiger partial charge is 0.496 e. The fourth-order valence-corrected chi connectivity index (χ4v) is 2.32. The Morgan fingerprint density at radius 1 is 1.00 bits per heavy atom. The van der Waals surface area contributed by atoms with Crippen LogP contribution < -0.4 is 4.74 Å². The molecule has 0 atom stereocenters. The monoisotopic (exact) mass is 319 g/mol. The number of para-hydroxylation sites is 1. The summed E-state index contributed by atoms with van der Waals surface area (Å²) in [6.07, 6.45) is 0. The smallest absolute Gasteiger partial charge is 0.226 e. The molecule has 0 aliphatic carbocycles. The van der Waals surface area contributed by atoms with E-state index in [1.54, 1.807) is 23.9 Å². The molecule has 2 aromatic carbocycles. The van der Waals surface area contributed by atoms with Crippen LogP contribution in [-0.2, 0) is 0 Å². The van der Waals surface area contributed by atoms with Crippen molar-refractivity contribution >= 4 is 23.2 Å². The van der Waals surface area contributed by atoms with Gasteiger partial charge in [-0.25, -0.2) is 4.68 Å². The Kier molecular flexibility index (Phi) is 3.82. The predicted octanol–water partition coefficient (Wildman–Crippen LogP) is 4.25. The third-order valence-corrected chi connectivity index (χ3v) is 3.48. The van der Waals surface area contributed by atoms with Crippen LogP contribution in [0.4, 0.5) is 0 Å². The molecule has 0 radical (unpaired) electrons. The molecule has 6 heteroatoms. The van der Waals surface area contributed by atoms with E-state index in [1.165, 1.54) is 0 Å². The van der Waals surface area contributed by atoms with Crippen LogP contribution >= 0.6 is 23.2 Å². The molecule has 0 saturated carbocycles. The molecule has 0 spiro atoms. The summed E-state index contributed by atoms with van der Waals surface area (Å²) < 4.78 is 6.88. The summed E-state index contributed by atoms with van der Waals surface area (Å²) in [5.41, 5.74) is 1.58. The third kappa shape index (κ3) is 2.73. The summed E-state index contributed by atoms with van der Waals surface area (Å²) >= 11 is 12.1. The number of aromatic nitrogens is 3. The molecule has 0 saturated heterocycles. The molecule has 4 nitrogen and oxygen atoms in total. The van der Waals surface area contributed by atoms with Gasteiger partial charge in [-0.3, -0.25) is 0 Å². The quantitative estimate of drug-likeness (QED) is 0.724. The van der Waals surface area contributed by atoms with E-state index in [2.05, 4.69) is 10.1 Å². The first kappa shape index (κ1) is 13.9. The van der Waals surface area contributed by atoms with Gasteiger partial charge < -0.3 is 4.74 Å².